The zero-order valence-electron chi connectivity index (χ0n) is 11.8. The Labute approximate surface area is 126 Å². The number of nitrogens with zero attached hydrogens (tertiary/aromatic N) is 1. The third-order valence-corrected chi connectivity index (χ3v) is 3.86. The highest BCUT2D eigenvalue weighted by molar-refractivity contribution is 7.74. The summed E-state index contributed by atoms with van der Waals surface area (Å²) < 4.78 is 46.4. The molecule has 0 unspecified atom stereocenters. The molecule has 0 N–H and O–H groups in total. The zero-order chi connectivity index (χ0) is 15.3. The first kappa shape index (κ1) is 16.3. The number of hydrogen-bond donors (Lipinski definition) is 0. The summed E-state index contributed by atoms with van der Waals surface area (Å²) in [5, 5.41) is 0. The van der Waals surface area contributed by atoms with Crippen molar-refractivity contribution in [3.05, 3.63) is 23.8 Å². The molecule has 0 atom stereocenters. The molecule has 1 aliphatic rings. The van der Waals surface area contributed by atoms with Crippen molar-refractivity contribution in [1.29, 1.82) is 0 Å². The van der Waals surface area contributed by atoms with Gasteiger partial charge in [-0.1, -0.05) is 12.5 Å². The fraction of sp³-hybridized carbons (Fsp3) is 0.571. The minimum atomic E-state index is -4.36. The number of piperidine rings is 1. The van der Waals surface area contributed by atoms with Crippen LogP contribution in [0.1, 0.15) is 24.8 Å². The predicted molar refractivity (Wildman–Crippen MR) is 77.6 cm³/mol. The van der Waals surface area contributed by atoms with Crippen molar-refractivity contribution >= 4 is 12.0 Å². The second kappa shape index (κ2) is 7.26. The number of ether oxygens (including phenoxy) is 1. The van der Waals surface area contributed by atoms with E-state index in [0.717, 1.165) is 25.2 Å². The van der Waals surface area contributed by atoms with Crippen LogP contribution in [0, 0.1) is 0 Å². The van der Waals surface area contributed by atoms with Gasteiger partial charge in [-0.15, -0.1) is 13.2 Å². The molecule has 21 heavy (non-hydrogen) atoms. The SMILES string of the molecule is COc1cc(O[SH+]C(F)(F)F)ccc1CN1CCCCC1. The molecule has 7 heteroatoms. The van der Waals surface area contributed by atoms with Crippen LogP contribution in [0.25, 0.3) is 0 Å². The second-order valence-corrected chi connectivity index (χ2v) is 5.83. The van der Waals surface area contributed by atoms with Crippen LogP contribution in [0.15, 0.2) is 18.2 Å². The minimum Gasteiger partial charge on any atom is -0.496 e. The van der Waals surface area contributed by atoms with Gasteiger partial charge in [0, 0.05) is 18.2 Å². The Balaban J connectivity index is 2.01. The first-order valence-electron chi connectivity index (χ1n) is 6.83. The third kappa shape index (κ3) is 5.32. The molecule has 0 amide bonds. The average Bonchev–Trinajstić information content (AvgIpc) is 2.46. The van der Waals surface area contributed by atoms with E-state index in [-0.39, 0.29) is 5.75 Å². The van der Waals surface area contributed by atoms with E-state index in [1.165, 1.54) is 32.4 Å². The summed E-state index contributed by atoms with van der Waals surface area (Å²) in [6.07, 6.45) is 3.64. The lowest BCUT2D eigenvalue weighted by molar-refractivity contribution is -0.0386. The highest BCUT2D eigenvalue weighted by Gasteiger charge is 2.42. The van der Waals surface area contributed by atoms with Crippen molar-refractivity contribution in [1.82, 2.24) is 4.90 Å². The van der Waals surface area contributed by atoms with E-state index in [2.05, 4.69) is 4.90 Å². The van der Waals surface area contributed by atoms with E-state index in [1.54, 1.807) is 12.1 Å². The lowest BCUT2D eigenvalue weighted by Gasteiger charge is -2.27. The Bertz CT molecular complexity index is 462. The fourth-order valence-corrected chi connectivity index (χ4v) is 2.70. The molecule has 1 aromatic carbocycles. The van der Waals surface area contributed by atoms with Gasteiger partial charge in [0.05, 0.1) is 7.11 Å². The van der Waals surface area contributed by atoms with Gasteiger partial charge in [-0.2, -0.15) is 0 Å². The van der Waals surface area contributed by atoms with Gasteiger partial charge in [-0.05, 0) is 32.0 Å². The van der Waals surface area contributed by atoms with Crippen molar-refractivity contribution in [3.8, 4) is 11.5 Å². The Hall–Kier alpha value is -1.08. The van der Waals surface area contributed by atoms with Crippen LogP contribution in [-0.2, 0) is 18.6 Å². The van der Waals surface area contributed by atoms with Crippen molar-refractivity contribution in [2.45, 2.75) is 31.3 Å². The molecule has 1 fully saturated rings. The van der Waals surface area contributed by atoms with Gasteiger partial charge < -0.3 is 4.74 Å². The van der Waals surface area contributed by atoms with Gasteiger partial charge in [0.1, 0.15) is 5.75 Å². The molecule has 2 rings (SSSR count). The Kier molecular flexibility index (Phi) is 5.64. The number of hydrogen-bond acceptors (Lipinski definition) is 3. The molecule has 0 saturated carbocycles. The summed E-state index contributed by atoms with van der Waals surface area (Å²) >= 11 is -1.03. The highest BCUT2D eigenvalue weighted by Crippen LogP contribution is 2.28. The highest BCUT2D eigenvalue weighted by atomic mass is 32.2. The van der Waals surface area contributed by atoms with Crippen molar-refractivity contribution in [2.75, 3.05) is 20.2 Å². The molecular weight excluding hydrogens is 303 g/mol. The monoisotopic (exact) mass is 322 g/mol. The summed E-state index contributed by atoms with van der Waals surface area (Å²) in [5.74, 6) is 0.726. The second-order valence-electron chi connectivity index (χ2n) is 4.96. The third-order valence-electron chi connectivity index (χ3n) is 3.36. The van der Waals surface area contributed by atoms with Crippen LogP contribution >= 0.6 is 0 Å². The maximum Gasteiger partial charge on any atom is 0.615 e. The predicted octanol–water partition coefficient (Wildman–Crippen LogP) is 3.31. The molecule has 118 valence electrons. The standard InChI is InChI=1S/C14H18F3NO2S/c1-19-13-9-12(20-21-14(15,16)17)6-5-11(13)10-18-7-3-2-4-8-18/h5-6,9H,2-4,7-8,10H2,1H3/p+1. The van der Waals surface area contributed by atoms with Crippen molar-refractivity contribution < 1.29 is 22.1 Å². The summed E-state index contributed by atoms with van der Waals surface area (Å²) in [6, 6.07) is 4.84. The largest absolute Gasteiger partial charge is 0.615 e. The number of benzene rings is 1. The van der Waals surface area contributed by atoms with Gasteiger partial charge >= 0.3 is 5.51 Å². The zero-order valence-corrected chi connectivity index (χ0v) is 12.7. The Morgan fingerprint density at radius 1 is 1.19 bits per heavy atom. The summed E-state index contributed by atoms with van der Waals surface area (Å²) in [6.45, 7) is 2.85. The lowest BCUT2D eigenvalue weighted by Crippen LogP contribution is -2.29. The van der Waals surface area contributed by atoms with Gasteiger partial charge in [0.2, 0.25) is 0 Å². The topological polar surface area (TPSA) is 21.7 Å². The van der Waals surface area contributed by atoms with Crippen LogP contribution < -0.4 is 8.92 Å². The first-order chi connectivity index (χ1) is 9.98. The number of methoxy groups -OCH3 is 1. The fourth-order valence-electron chi connectivity index (χ4n) is 2.38. The van der Waals surface area contributed by atoms with Crippen molar-refractivity contribution in [3.63, 3.8) is 0 Å². The first-order valence-corrected chi connectivity index (χ1v) is 7.64. The molecule has 3 nitrogen and oxygen atoms in total. The van der Waals surface area contributed by atoms with Crippen LogP contribution in [0.3, 0.4) is 0 Å². The number of likely N-dealkylation sites (tertiary alicyclic amines) is 1. The van der Waals surface area contributed by atoms with Gasteiger partial charge in [-0.3, -0.25) is 9.08 Å². The van der Waals surface area contributed by atoms with Crippen LogP contribution in [-0.4, -0.2) is 30.6 Å². The molecule has 1 aromatic rings. The molecule has 1 aliphatic heterocycles. The Morgan fingerprint density at radius 3 is 2.52 bits per heavy atom. The summed E-state index contributed by atoms with van der Waals surface area (Å²) in [5.41, 5.74) is -3.39. The number of halogens is 3. The van der Waals surface area contributed by atoms with E-state index in [1.807, 2.05) is 0 Å². The molecule has 0 radical (unpaired) electrons. The molecule has 0 bridgehead atoms. The molecule has 0 aromatic heterocycles. The lowest BCUT2D eigenvalue weighted by atomic mass is 10.1. The van der Waals surface area contributed by atoms with E-state index in [9.17, 15) is 13.2 Å². The number of rotatable bonds is 5. The van der Waals surface area contributed by atoms with Crippen LogP contribution in [0.5, 0.6) is 11.5 Å². The van der Waals surface area contributed by atoms with E-state index in [4.69, 9.17) is 8.92 Å². The van der Waals surface area contributed by atoms with Gasteiger partial charge in [0.15, 0.2) is 5.75 Å². The van der Waals surface area contributed by atoms with Crippen molar-refractivity contribution in [2.24, 2.45) is 0 Å². The quantitative estimate of drug-likeness (QED) is 0.613. The average molecular weight is 322 g/mol. The molecule has 1 saturated heterocycles. The van der Waals surface area contributed by atoms with Gasteiger partial charge in [0.25, 0.3) is 12.0 Å². The number of alkyl halides is 3. The Morgan fingerprint density at radius 2 is 1.90 bits per heavy atom. The summed E-state index contributed by atoms with van der Waals surface area (Å²) in [7, 11) is 1.51. The maximum absolute atomic E-state index is 12.1. The maximum atomic E-state index is 12.1. The van der Waals surface area contributed by atoms with E-state index < -0.39 is 17.6 Å². The molecule has 0 spiro atoms. The molecule has 1 heterocycles. The van der Waals surface area contributed by atoms with E-state index >= 15 is 0 Å². The number of thiol groups is 1. The molecular formula is C14H19F3NO2S+. The normalized spacial score (nSPS) is 16.8. The smallest absolute Gasteiger partial charge is 0.496 e. The van der Waals surface area contributed by atoms with E-state index in [0.29, 0.717) is 5.75 Å². The molecule has 0 aliphatic carbocycles. The minimum absolute atomic E-state index is 0.160. The summed E-state index contributed by atoms with van der Waals surface area (Å²) in [4.78, 5) is 2.33. The van der Waals surface area contributed by atoms with Crippen LogP contribution in [0.2, 0.25) is 0 Å². The van der Waals surface area contributed by atoms with Gasteiger partial charge in [-0.25, -0.2) is 0 Å². The van der Waals surface area contributed by atoms with Crippen LogP contribution in [0.4, 0.5) is 13.2 Å².